The molecule has 10 heavy (non-hydrogen) atoms. The number of hydrogen-bond donors (Lipinski definition) is 0. The van der Waals surface area contributed by atoms with Crippen LogP contribution in [0.4, 0.5) is 0 Å². The molecule has 0 radical (unpaired) electrons. The lowest BCUT2D eigenvalue weighted by molar-refractivity contribution is -0.168. The minimum atomic E-state index is 0.0409. The summed E-state index contributed by atoms with van der Waals surface area (Å²) in [5, 5.41) is 1.26. The van der Waals surface area contributed by atoms with Gasteiger partial charge in [-0.1, -0.05) is 22.6 Å². The number of nitrogens with zero attached hydrogens (tertiary/aromatic N) is 1. The number of carbonyl (C=O) groups is 1. The summed E-state index contributed by atoms with van der Waals surface area (Å²) in [6.07, 6.45) is 1.50. The number of halogens is 1. The molecule has 0 aliphatic rings. The molecule has 1 amide bonds. The number of amides is 1. The van der Waals surface area contributed by atoms with E-state index in [0.717, 1.165) is 10.8 Å². The van der Waals surface area contributed by atoms with Crippen molar-refractivity contribution in [3.05, 3.63) is 0 Å². The Morgan fingerprint density at radius 2 is 2.30 bits per heavy atom. The van der Waals surface area contributed by atoms with Gasteiger partial charge in [-0.3, -0.25) is 9.63 Å². The Bertz CT molecular complexity index is 108. The van der Waals surface area contributed by atoms with Crippen LogP contribution in [0.5, 0.6) is 0 Å². The van der Waals surface area contributed by atoms with Crippen LogP contribution in [-0.2, 0) is 9.63 Å². The van der Waals surface area contributed by atoms with E-state index in [4.69, 9.17) is 4.84 Å². The standard InChI is InChI=1S/C6H12INO2/c1-8(10-2)6(9)4-3-5-7/h3-5H2,1-2H3. The molecule has 0 aromatic rings. The molecule has 0 heterocycles. The predicted molar refractivity (Wildman–Crippen MR) is 47.9 cm³/mol. The second-order valence-corrected chi connectivity index (χ2v) is 2.95. The van der Waals surface area contributed by atoms with Gasteiger partial charge in [-0.2, -0.15) is 0 Å². The van der Waals surface area contributed by atoms with Crippen molar-refractivity contribution in [1.82, 2.24) is 5.06 Å². The SMILES string of the molecule is CON(C)C(=O)CCCI. The van der Waals surface area contributed by atoms with Crippen molar-refractivity contribution in [3.63, 3.8) is 0 Å². The number of alkyl halides is 1. The minimum absolute atomic E-state index is 0.0409. The van der Waals surface area contributed by atoms with Crippen LogP contribution in [0.25, 0.3) is 0 Å². The first-order valence-corrected chi connectivity index (χ1v) is 4.61. The van der Waals surface area contributed by atoms with Gasteiger partial charge >= 0.3 is 0 Å². The molecule has 0 spiro atoms. The molecule has 3 nitrogen and oxygen atoms in total. The highest BCUT2D eigenvalue weighted by molar-refractivity contribution is 14.1. The summed E-state index contributed by atoms with van der Waals surface area (Å²) in [4.78, 5) is 15.6. The molecule has 0 saturated carbocycles. The van der Waals surface area contributed by atoms with Crippen molar-refractivity contribution in [3.8, 4) is 0 Å². The fourth-order valence-electron chi connectivity index (χ4n) is 0.477. The van der Waals surface area contributed by atoms with Gasteiger partial charge in [-0.15, -0.1) is 0 Å². The smallest absolute Gasteiger partial charge is 0.245 e. The zero-order chi connectivity index (χ0) is 7.98. The molecule has 0 fully saturated rings. The first-order chi connectivity index (χ1) is 4.72. The summed E-state index contributed by atoms with van der Waals surface area (Å²) in [7, 11) is 3.11. The highest BCUT2D eigenvalue weighted by Crippen LogP contribution is 1.98. The second-order valence-electron chi connectivity index (χ2n) is 1.87. The van der Waals surface area contributed by atoms with Crippen LogP contribution in [0.15, 0.2) is 0 Å². The zero-order valence-corrected chi connectivity index (χ0v) is 8.42. The molecule has 0 N–H and O–H groups in total. The van der Waals surface area contributed by atoms with Gasteiger partial charge in [-0.25, -0.2) is 5.06 Å². The van der Waals surface area contributed by atoms with Crippen molar-refractivity contribution >= 4 is 28.5 Å². The third kappa shape index (κ3) is 4.05. The van der Waals surface area contributed by atoms with Gasteiger partial charge in [-0.05, 0) is 6.42 Å². The molecule has 0 saturated heterocycles. The van der Waals surface area contributed by atoms with Gasteiger partial charge < -0.3 is 0 Å². The summed E-state index contributed by atoms with van der Waals surface area (Å²) in [5.41, 5.74) is 0. The Balaban J connectivity index is 3.42. The van der Waals surface area contributed by atoms with E-state index in [1.54, 1.807) is 7.05 Å². The Kier molecular flexibility index (Phi) is 6.00. The summed E-state index contributed by atoms with van der Waals surface area (Å²) in [5.74, 6) is 0.0409. The van der Waals surface area contributed by atoms with Crippen LogP contribution >= 0.6 is 22.6 Å². The second kappa shape index (κ2) is 5.91. The number of hydrogen-bond acceptors (Lipinski definition) is 2. The molecular weight excluding hydrogens is 245 g/mol. The van der Waals surface area contributed by atoms with E-state index in [2.05, 4.69) is 22.6 Å². The Labute approximate surface area is 74.8 Å². The normalized spacial score (nSPS) is 9.50. The molecule has 0 unspecified atom stereocenters. The number of carbonyl (C=O) groups excluding carboxylic acids is 1. The largest absolute Gasteiger partial charge is 0.275 e. The van der Waals surface area contributed by atoms with Crippen molar-refractivity contribution in [2.24, 2.45) is 0 Å². The molecule has 0 bridgehead atoms. The van der Waals surface area contributed by atoms with Gasteiger partial charge in [0.25, 0.3) is 0 Å². The molecule has 0 atom stereocenters. The van der Waals surface area contributed by atoms with E-state index in [9.17, 15) is 4.79 Å². The van der Waals surface area contributed by atoms with Crippen molar-refractivity contribution in [2.75, 3.05) is 18.6 Å². The molecule has 0 rings (SSSR count). The van der Waals surface area contributed by atoms with Crippen LogP contribution in [-0.4, -0.2) is 29.6 Å². The Hall–Kier alpha value is 0.160. The minimum Gasteiger partial charge on any atom is -0.275 e. The van der Waals surface area contributed by atoms with Gasteiger partial charge in [0.1, 0.15) is 0 Å². The maximum absolute atomic E-state index is 10.9. The number of hydroxylamine groups is 2. The quantitative estimate of drug-likeness (QED) is 0.430. The monoisotopic (exact) mass is 257 g/mol. The van der Waals surface area contributed by atoms with Crippen LogP contribution in [0.1, 0.15) is 12.8 Å². The third-order valence-electron chi connectivity index (χ3n) is 1.15. The zero-order valence-electron chi connectivity index (χ0n) is 6.26. The topological polar surface area (TPSA) is 29.5 Å². The van der Waals surface area contributed by atoms with Crippen molar-refractivity contribution in [1.29, 1.82) is 0 Å². The van der Waals surface area contributed by atoms with E-state index >= 15 is 0 Å². The van der Waals surface area contributed by atoms with Gasteiger partial charge in [0.15, 0.2) is 0 Å². The fraction of sp³-hybridized carbons (Fsp3) is 0.833. The van der Waals surface area contributed by atoms with E-state index in [-0.39, 0.29) is 5.91 Å². The summed E-state index contributed by atoms with van der Waals surface area (Å²) in [6, 6.07) is 0. The average Bonchev–Trinajstić information content (AvgIpc) is 1.98. The van der Waals surface area contributed by atoms with Crippen LogP contribution in [0.2, 0.25) is 0 Å². The first kappa shape index (κ1) is 10.2. The van der Waals surface area contributed by atoms with Crippen LogP contribution in [0.3, 0.4) is 0 Å². The van der Waals surface area contributed by atoms with Crippen LogP contribution < -0.4 is 0 Å². The van der Waals surface area contributed by atoms with Crippen LogP contribution in [0, 0.1) is 0 Å². The molecule has 0 aliphatic heterocycles. The molecule has 4 heteroatoms. The molecule has 0 aromatic carbocycles. The predicted octanol–water partition coefficient (Wildman–Crippen LogP) is 1.22. The van der Waals surface area contributed by atoms with E-state index in [1.807, 2.05) is 0 Å². The molecule has 0 aliphatic carbocycles. The lowest BCUT2D eigenvalue weighted by atomic mass is 10.3. The molecule has 60 valence electrons. The third-order valence-corrected chi connectivity index (χ3v) is 1.91. The first-order valence-electron chi connectivity index (χ1n) is 3.09. The van der Waals surface area contributed by atoms with Gasteiger partial charge in [0.2, 0.25) is 5.91 Å². The maximum Gasteiger partial charge on any atom is 0.245 e. The van der Waals surface area contributed by atoms with E-state index < -0.39 is 0 Å². The van der Waals surface area contributed by atoms with Crippen molar-refractivity contribution < 1.29 is 9.63 Å². The summed E-state index contributed by atoms with van der Waals surface area (Å²) < 4.78 is 1.01. The fourth-order valence-corrected chi connectivity index (χ4v) is 0.859. The Morgan fingerprint density at radius 1 is 1.70 bits per heavy atom. The summed E-state index contributed by atoms with van der Waals surface area (Å²) >= 11 is 2.24. The van der Waals surface area contributed by atoms with Gasteiger partial charge in [0.05, 0.1) is 7.11 Å². The number of rotatable bonds is 4. The molecular formula is C6H12INO2. The average molecular weight is 257 g/mol. The lowest BCUT2D eigenvalue weighted by Gasteiger charge is -2.12. The summed E-state index contributed by atoms with van der Waals surface area (Å²) in [6.45, 7) is 0. The highest BCUT2D eigenvalue weighted by Gasteiger charge is 2.05. The maximum atomic E-state index is 10.9. The van der Waals surface area contributed by atoms with Crippen molar-refractivity contribution in [2.45, 2.75) is 12.8 Å². The highest BCUT2D eigenvalue weighted by atomic mass is 127. The van der Waals surface area contributed by atoms with E-state index in [0.29, 0.717) is 6.42 Å². The lowest BCUT2D eigenvalue weighted by Crippen LogP contribution is -2.24. The van der Waals surface area contributed by atoms with Gasteiger partial charge in [0, 0.05) is 17.9 Å². The molecule has 0 aromatic heterocycles. The van der Waals surface area contributed by atoms with E-state index in [1.165, 1.54) is 12.2 Å². The Morgan fingerprint density at radius 3 is 2.70 bits per heavy atom.